The van der Waals surface area contributed by atoms with Crippen molar-refractivity contribution in [3.8, 4) is 6.07 Å². The Labute approximate surface area is 262 Å². The van der Waals surface area contributed by atoms with E-state index >= 15 is 0 Å². The number of carboxylic acid groups (broad SMARTS) is 1. The summed E-state index contributed by atoms with van der Waals surface area (Å²) in [6.07, 6.45) is 3.91. The Morgan fingerprint density at radius 3 is 2.34 bits per heavy atom. The molecular weight excluding hydrogens is 591 g/mol. The molecule has 2 amide bonds. The molecule has 1 unspecified atom stereocenters. The summed E-state index contributed by atoms with van der Waals surface area (Å²) in [6, 6.07) is 29.0. The fourth-order valence-corrected chi connectivity index (χ4v) is 7.87. The molecule has 0 radical (unpaired) electrons. The van der Waals surface area contributed by atoms with Crippen LogP contribution >= 0.6 is 23.1 Å². The average molecular weight is 618 g/mol. The number of thioether (sulfide) groups is 1. The maximum Gasteiger partial charge on any atom is 0.336 e. The number of carbonyl (C=O) groups is 3. The van der Waals surface area contributed by atoms with E-state index in [1.807, 2.05) is 36.4 Å². The zero-order chi connectivity index (χ0) is 30.6. The molecule has 218 valence electrons. The molecule has 1 aliphatic rings. The molecule has 3 N–H and O–H groups in total. The molecule has 0 spiro atoms. The number of anilines is 2. The molecule has 7 nitrogen and oxygen atoms in total. The first kappa shape index (κ1) is 29.2. The van der Waals surface area contributed by atoms with Gasteiger partial charge in [0.25, 0.3) is 5.91 Å². The number of nitriles is 1. The van der Waals surface area contributed by atoms with Crippen molar-refractivity contribution in [2.24, 2.45) is 0 Å². The third-order valence-electron chi connectivity index (χ3n) is 7.59. The zero-order valence-corrected chi connectivity index (χ0v) is 25.1. The average Bonchev–Trinajstić information content (AvgIpc) is 3.40. The van der Waals surface area contributed by atoms with Gasteiger partial charge in [-0.1, -0.05) is 60.7 Å². The second kappa shape index (κ2) is 12.8. The minimum Gasteiger partial charge on any atom is -0.478 e. The Balaban J connectivity index is 1.26. The highest BCUT2D eigenvalue weighted by Crippen LogP contribution is 2.41. The minimum absolute atomic E-state index is 0.0559. The number of aryl methyl sites for hydroxylation is 1. The van der Waals surface area contributed by atoms with Gasteiger partial charge in [0.15, 0.2) is 0 Å². The summed E-state index contributed by atoms with van der Waals surface area (Å²) >= 11 is 2.84. The lowest BCUT2D eigenvalue weighted by atomic mass is 9.96. The van der Waals surface area contributed by atoms with Crippen LogP contribution in [0.15, 0.2) is 95.9 Å². The number of rotatable bonds is 8. The van der Waals surface area contributed by atoms with Crippen LogP contribution in [0, 0.1) is 11.3 Å². The molecule has 1 heterocycles. The summed E-state index contributed by atoms with van der Waals surface area (Å²) in [4.78, 5) is 41.0. The van der Waals surface area contributed by atoms with Crippen LogP contribution in [-0.4, -0.2) is 22.9 Å². The highest BCUT2D eigenvalue weighted by atomic mass is 32.2. The van der Waals surface area contributed by atoms with E-state index in [-0.39, 0.29) is 17.0 Å². The predicted octanol–water partition coefficient (Wildman–Crippen LogP) is 8.07. The van der Waals surface area contributed by atoms with Crippen molar-refractivity contribution in [3.63, 3.8) is 0 Å². The van der Waals surface area contributed by atoms with Crippen LogP contribution in [0.25, 0.3) is 10.8 Å². The Morgan fingerprint density at radius 2 is 1.59 bits per heavy atom. The van der Waals surface area contributed by atoms with Crippen LogP contribution in [0.4, 0.5) is 10.7 Å². The Bertz CT molecular complexity index is 1940. The van der Waals surface area contributed by atoms with Crippen molar-refractivity contribution in [2.75, 3.05) is 10.6 Å². The number of nitrogens with zero attached hydrogens (tertiary/aromatic N) is 1. The first-order valence-corrected chi connectivity index (χ1v) is 15.9. The SMILES string of the molecule is N#Cc1c(NC(=O)C(Sc2cccc(NC(=O)c3cccc4cccc(C(=O)O)c34)c2)c2ccccc2)sc2c1CCCC2. The Kier molecular flexibility index (Phi) is 8.46. The molecule has 1 atom stereocenters. The van der Waals surface area contributed by atoms with Crippen molar-refractivity contribution in [1.82, 2.24) is 0 Å². The topological polar surface area (TPSA) is 119 Å². The van der Waals surface area contributed by atoms with Gasteiger partial charge in [0.1, 0.15) is 16.3 Å². The maximum atomic E-state index is 13.8. The van der Waals surface area contributed by atoms with E-state index in [1.165, 1.54) is 34.0 Å². The predicted molar refractivity (Wildman–Crippen MR) is 175 cm³/mol. The Hall–Kier alpha value is -4.91. The molecule has 0 saturated carbocycles. The van der Waals surface area contributed by atoms with Crippen LogP contribution in [-0.2, 0) is 17.6 Å². The van der Waals surface area contributed by atoms with Crippen LogP contribution in [0.3, 0.4) is 0 Å². The van der Waals surface area contributed by atoms with E-state index in [9.17, 15) is 24.8 Å². The number of hydrogen-bond donors (Lipinski definition) is 3. The highest BCUT2D eigenvalue weighted by molar-refractivity contribution is 8.00. The molecule has 0 aliphatic heterocycles. The highest BCUT2D eigenvalue weighted by Gasteiger charge is 2.27. The first-order valence-electron chi connectivity index (χ1n) is 14.2. The summed E-state index contributed by atoms with van der Waals surface area (Å²) in [7, 11) is 0. The van der Waals surface area contributed by atoms with Crippen LogP contribution < -0.4 is 10.6 Å². The van der Waals surface area contributed by atoms with Crippen molar-refractivity contribution < 1.29 is 19.5 Å². The van der Waals surface area contributed by atoms with Gasteiger partial charge in [-0.25, -0.2) is 4.79 Å². The molecule has 4 aromatic carbocycles. The second-order valence-corrected chi connectivity index (χ2v) is 12.7. The van der Waals surface area contributed by atoms with Crippen molar-refractivity contribution >= 4 is 62.3 Å². The molecule has 0 saturated heterocycles. The number of fused-ring (bicyclic) bond motifs is 2. The standard InChI is InChI=1S/C35H27N3O4S2/c36-20-28-25-15-4-5-18-29(25)44-34(28)38-33(40)31(22-9-2-1-3-10-22)43-24-14-8-13-23(19-24)37-32(39)26-16-6-11-21-12-7-17-27(30(21)26)35(41)42/h1-3,6-14,16-17,19,31H,4-5,15,18H2,(H,37,39)(H,38,40)(H,41,42). The van der Waals surface area contributed by atoms with Gasteiger partial charge >= 0.3 is 5.97 Å². The lowest BCUT2D eigenvalue weighted by Crippen LogP contribution is -2.19. The summed E-state index contributed by atoms with van der Waals surface area (Å²) in [5, 5.41) is 26.6. The number of amides is 2. The number of carbonyl (C=O) groups excluding carboxylic acids is 2. The largest absolute Gasteiger partial charge is 0.478 e. The molecular formula is C35H27N3O4S2. The van der Waals surface area contributed by atoms with Crippen LogP contribution in [0.1, 0.15) is 60.4 Å². The fourth-order valence-electron chi connectivity index (χ4n) is 5.54. The minimum atomic E-state index is -1.11. The van der Waals surface area contributed by atoms with Crippen molar-refractivity contribution in [1.29, 1.82) is 5.26 Å². The van der Waals surface area contributed by atoms with Crippen molar-refractivity contribution in [2.45, 2.75) is 35.8 Å². The molecule has 0 fully saturated rings. The summed E-state index contributed by atoms with van der Waals surface area (Å²) in [6.45, 7) is 0. The molecule has 0 bridgehead atoms. The monoisotopic (exact) mass is 617 g/mol. The first-order chi connectivity index (χ1) is 21.4. The van der Waals surface area contributed by atoms with Crippen molar-refractivity contribution in [3.05, 3.63) is 124 Å². The van der Waals surface area contributed by atoms with Crippen LogP contribution in [0.5, 0.6) is 0 Å². The van der Waals surface area contributed by atoms with E-state index in [4.69, 9.17) is 0 Å². The molecule has 5 aromatic rings. The molecule has 9 heteroatoms. The normalized spacial score (nSPS) is 13.0. The van der Waals surface area contributed by atoms with Gasteiger partial charge in [-0.15, -0.1) is 23.1 Å². The lowest BCUT2D eigenvalue weighted by molar-refractivity contribution is -0.115. The molecule has 6 rings (SSSR count). The van der Waals surface area contributed by atoms with Gasteiger partial charge in [0.2, 0.25) is 5.91 Å². The van der Waals surface area contributed by atoms with Gasteiger partial charge in [-0.3, -0.25) is 9.59 Å². The number of thiophene rings is 1. The van der Waals surface area contributed by atoms with Gasteiger partial charge < -0.3 is 15.7 Å². The third-order valence-corrected chi connectivity index (χ3v) is 10.0. The quantitative estimate of drug-likeness (QED) is 0.152. The third kappa shape index (κ3) is 5.95. The lowest BCUT2D eigenvalue weighted by Gasteiger charge is -2.17. The van der Waals surface area contributed by atoms with E-state index in [0.717, 1.165) is 41.7 Å². The number of aromatic carboxylic acids is 1. The van der Waals surface area contributed by atoms with Gasteiger partial charge in [0, 0.05) is 26.4 Å². The van der Waals surface area contributed by atoms with Gasteiger partial charge in [-0.05, 0) is 72.5 Å². The van der Waals surface area contributed by atoms with Gasteiger partial charge in [0.05, 0.1) is 11.1 Å². The maximum absolute atomic E-state index is 13.8. The summed E-state index contributed by atoms with van der Waals surface area (Å²) in [5.41, 5.74) is 3.26. The summed E-state index contributed by atoms with van der Waals surface area (Å²) < 4.78 is 0. The summed E-state index contributed by atoms with van der Waals surface area (Å²) in [5.74, 6) is -1.78. The zero-order valence-electron chi connectivity index (χ0n) is 23.5. The Morgan fingerprint density at radius 1 is 0.864 bits per heavy atom. The van der Waals surface area contributed by atoms with E-state index in [1.54, 1.807) is 48.5 Å². The van der Waals surface area contributed by atoms with E-state index in [0.29, 0.717) is 27.0 Å². The van der Waals surface area contributed by atoms with Gasteiger partial charge in [-0.2, -0.15) is 5.26 Å². The number of benzene rings is 4. The smallest absolute Gasteiger partial charge is 0.336 e. The number of nitrogens with one attached hydrogen (secondary N) is 2. The number of carboxylic acids is 1. The molecule has 1 aromatic heterocycles. The molecule has 44 heavy (non-hydrogen) atoms. The van der Waals surface area contributed by atoms with E-state index < -0.39 is 17.1 Å². The van der Waals surface area contributed by atoms with E-state index in [2.05, 4.69) is 16.7 Å². The fraction of sp³-hybridized carbons (Fsp3) is 0.143. The number of hydrogen-bond acceptors (Lipinski definition) is 6. The molecule has 1 aliphatic carbocycles. The second-order valence-electron chi connectivity index (χ2n) is 10.4. The van der Waals surface area contributed by atoms with Crippen LogP contribution in [0.2, 0.25) is 0 Å².